The van der Waals surface area contributed by atoms with Crippen molar-refractivity contribution >= 4 is 11.9 Å². The van der Waals surface area contributed by atoms with E-state index < -0.39 is 29.6 Å². The summed E-state index contributed by atoms with van der Waals surface area (Å²) in [5, 5.41) is 4.31. The van der Waals surface area contributed by atoms with Crippen molar-refractivity contribution < 1.29 is 22.8 Å². The molecule has 1 aliphatic heterocycles. The second-order valence-corrected chi connectivity index (χ2v) is 4.33. The van der Waals surface area contributed by atoms with E-state index in [1.807, 2.05) is 5.32 Å². The van der Waals surface area contributed by atoms with Crippen molar-refractivity contribution in [3.63, 3.8) is 0 Å². The lowest BCUT2D eigenvalue weighted by Gasteiger charge is -2.36. The second kappa shape index (κ2) is 3.36. The first-order valence-electron chi connectivity index (χ1n) is 5.04. The molecule has 2 unspecified atom stereocenters. The predicted molar refractivity (Wildman–Crippen MR) is 47.4 cm³/mol. The average Bonchev–Trinajstić information content (AvgIpc) is 2.40. The molecule has 0 bridgehead atoms. The molecule has 1 heterocycles. The number of imide groups is 1. The molecule has 7 heteroatoms. The quantitative estimate of drug-likeness (QED) is 0.623. The molecule has 0 radical (unpaired) electrons. The summed E-state index contributed by atoms with van der Waals surface area (Å²) in [5.74, 6) is -2.14. The Morgan fingerprint density at radius 1 is 1.31 bits per heavy atom. The number of nitrogens with one attached hydrogen (secondary N) is 2. The van der Waals surface area contributed by atoms with Crippen LogP contribution in [0.1, 0.15) is 25.7 Å². The van der Waals surface area contributed by atoms with E-state index in [2.05, 4.69) is 5.32 Å². The van der Waals surface area contributed by atoms with Gasteiger partial charge in [0.2, 0.25) is 0 Å². The Morgan fingerprint density at radius 3 is 2.50 bits per heavy atom. The highest BCUT2D eigenvalue weighted by Crippen LogP contribution is 2.42. The first kappa shape index (κ1) is 11.2. The molecule has 2 N–H and O–H groups in total. The van der Waals surface area contributed by atoms with Gasteiger partial charge in [-0.2, -0.15) is 13.2 Å². The van der Waals surface area contributed by atoms with E-state index in [1.54, 1.807) is 0 Å². The average molecular weight is 236 g/mol. The van der Waals surface area contributed by atoms with Gasteiger partial charge >= 0.3 is 12.2 Å². The van der Waals surface area contributed by atoms with Crippen molar-refractivity contribution in [1.82, 2.24) is 10.6 Å². The molecule has 1 saturated heterocycles. The Bertz CT molecular complexity index is 342. The number of urea groups is 1. The summed E-state index contributed by atoms with van der Waals surface area (Å²) in [6, 6.07) is -0.701. The summed E-state index contributed by atoms with van der Waals surface area (Å²) in [6.07, 6.45) is -4.07. The monoisotopic (exact) mass is 236 g/mol. The molecule has 2 atom stereocenters. The Hall–Kier alpha value is -1.27. The zero-order chi connectivity index (χ0) is 12.0. The predicted octanol–water partition coefficient (Wildman–Crippen LogP) is 1.32. The van der Waals surface area contributed by atoms with Crippen LogP contribution in [0.5, 0.6) is 0 Å². The summed E-state index contributed by atoms with van der Waals surface area (Å²) >= 11 is 0. The fourth-order valence-corrected chi connectivity index (χ4v) is 2.40. The number of rotatable bonds is 0. The van der Waals surface area contributed by atoms with E-state index in [0.29, 0.717) is 0 Å². The van der Waals surface area contributed by atoms with Crippen LogP contribution in [-0.4, -0.2) is 23.7 Å². The maximum atomic E-state index is 12.6. The molecule has 0 aromatic heterocycles. The normalized spacial score (nSPS) is 35.1. The number of hydrogen-bond donors (Lipinski definition) is 2. The largest absolute Gasteiger partial charge is 0.391 e. The summed E-state index contributed by atoms with van der Waals surface area (Å²) in [5.41, 5.74) is -1.34. The molecule has 2 rings (SSSR count). The van der Waals surface area contributed by atoms with Gasteiger partial charge in [-0.05, 0) is 25.7 Å². The van der Waals surface area contributed by atoms with Crippen LogP contribution in [-0.2, 0) is 4.79 Å². The molecule has 1 aliphatic carbocycles. The van der Waals surface area contributed by atoms with E-state index in [0.717, 1.165) is 0 Å². The minimum absolute atomic E-state index is 0.0222. The SMILES string of the molecule is O=C1NC(=O)C2(CCCC(C(F)(F)F)C2)N1. The lowest BCUT2D eigenvalue weighted by atomic mass is 9.75. The maximum Gasteiger partial charge on any atom is 0.391 e. The minimum atomic E-state index is -4.30. The third-order valence-electron chi connectivity index (χ3n) is 3.23. The molecular formula is C9H11F3N2O2. The van der Waals surface area contributed by atoms with Gasteiger partial charge in [0.25, 0.3) is 5.91 Å². The van der Waals surface area contributed by atoms with Crippen LogP contribution in [0.4, 0.5) is 18.0 Å². The molecule has 90 valence electrons. The standard InChI is InChI=1S/C9H11F3N2O2/c10-9(11,12)5-2-1-3-8(4-5)6(15)13-7(16)14-8/h5H,1-4H2,(H2,13,14,15,16). The van der Waals surface area contributed by atoms with Crippen LogP contribution in [0.3, 0.4) is 0 Å². The molecule has 1 saturated carbocycles. The number of carbonyl (C=O) groups excluding carboxylic acids is 2. The molecule has 0 aromatic carbocycles. The summed E-state index contributed by atoms with van der Waals surface area (Å²) in [7, 11) is 0. The van der Waals surface area contributed by atoms with Crippen molar-refractivity contribution in [2.24, 2.45) is 5.92 Å². The number of carbonyl (C=O) groups is 2. The smallest absolute Gasteiger partial charge is 0.323 e. The Balaban J connectivity index is 2.18. The Labute approximate surface area is 89.6 Å². The molecule has 2 aliphatic rings. The number of alkyl halides is 3. The first-order valence-corrected chi connectivity index (χ1v) is 5.04. The number of hydrogen-bond acceptors (Lipinski definition) is 2. The van der Waals surface area contributed by atoms with Crippen LogP contribution < -0.4 is 10.6 Å². The fourth-order valence-electron chi connectivity index (χ4n) is 2.40. The summed E-state index contributed by atoms with van der Waals surface area (Å²) in [6.45, 7) is 0. The lowest BCUT2D eigenvalue weighted by molar-refractivity contribution is -0.187. The molecule has 3 amide bonds. The van der Waals surface area contributed by atoms with Crippen molar-refractivity contribution in [3.05, 3.63) is 0 Å². The van der Waals surface area contributed by atoms with Crippen molar-refractivity contribution in [1.29, 1.82) is 0 Å². The third kappa shape index (κ3) is 1.74. The molecular weight excluding hydrogens is 225 g/mol. The summed E-state index contributed by atoms with van der Waals surface area (Å²) < 4.78 is 37.7. The van der Waals surface area contributed by atoms with Gasteiger partial charge in [0.15, 0.2) is 0 Å². The van der Waals surface area contributed by atoms with E-state index in [4.69, 9.17) is 0 Å². The van der Waals surface area contributed by atoms with Crippen LogP contribution in [0.15, 0.2) is 0 Å². The highest BCUT2D eigenvalue weighted by molar-refractivity contribution is 6.07. The minimum Gasteiger partial charge on any atom is -0.323 e. The van der Waals surface area contributed by atoms with Gasteiger partial charge in [-0.25, -0.2) is 4.79 Å². The number of halogens is 3. The molecule has 16 heavy (non-hydrogen) atoms. The molecule has 0 aromatic rings. The highest BCUT2D eigenvalue weighted by atomic mass is 19.4. The van der Waals surface area contributed by atoms with Gasteiger partial charge in [-0.3, -0.25) is 10.1 Å². The maximum absolute atomic E-state index is 12.6. The Morgan fingerprint density at radius 2 is 2.00 bits per heavy atom. The van der Waals surface area contributed by atoms with Gasteiger partial charge in [-0.1, -0.05) is 0 Å². The van der Waals surface area contributed by atoms with Gasteiger partial charge in [-0.15, -0.1) is 0 Å². The zero-order valence-corrected chi connectivity index (χ0v) is 8.36. The van der Waals surface area contributed by atoms with Gasteiger partial charge in [0.1, 0.15) is 5.54 Å². The molecule has 2 fully saturated rings. The topological polar surface area (TPSA) is 58.2 Å². The molecule has 4 nitrogen and oxygen atoms in total. The second-order valence-electron chi connectivity index (χ2n) is 4.33. The van der Waals surface area contributed by atoms with Crippen molar-refractivity contribution in [2.45, 2.75) is 37.4 Å². The first-order chi connectivity index (χ1) is 7.33. The van der Waals surface area contributed by atoms with Gasteiger partial charge in [0, 0.05) is 0 Å². The zero-order valence-electron chi connectivity index (χ0n) is 8.36. The van der Waals surface area contributed by atoms with E-state index in [1.165, 1.54) is 0 Å². The van der Waals surface area contributed by atoms with Crippen LogP contribution in [0, 0.1) is 5.92 Å². The molecule has 1 spiro atoms. The van der Waals surface area contributed by atoms with Crippen LogP contribution in [0.25, 0.3) is 0 Å². The number of amides is 3. The Kier molecular flexibility index (Phi) is 2.36. The van der Waals surface area contributed by atoms with Crippen LogP contribution in [0.2, 0.25) is 0 Å². The van der Waals surface area contributed by atoms with Crippen molar-refractivity contribution in [2.75, 3.05) is 0 Å². The van der Waals surface area contributed by atoms with E-state index in [-0.39, 0.29) is 25.7 Å². The lowest BCUT2D eigenvalue weighted by Crippen LogP contribution is -2.52. The van der Waals surface area contributed by atoms with Crippen LogP contribution >= 0.6 is 0 Å². The van der Waals surface area contributed by atoms with Gasteiger partial charge < -0.3 is 5.32 Å². The van der Waals surface area contributed by atoms with Gasteiger partial charge in [0.05, 0.1) is 5.92 Å². The third-order valence-corrected chi connectivity index (χ3v) is 3.23. The highest BCUT2D eigenvalue weighted by Gasteiger charge is 2.54. The van der Waals surface area contributed by atoms with E-state index >= 15 is 0 Å². The fraction of sp³-hybridized carbons (Fsp3) is 0.778. The van der Waals surface area contributed by atoms with E-state index in [9.17, 15) is 22.8 Å². The summed E-state index contributed by atoms with van der Waals surface area (Å²) in [4.78, 5) is 22.4. The van der Waals surface area contributed by atoms with Crippen molar-refractivity contribution in [3.8, 4) is 0 Å².